The molecule has 0 saturated carbocycles. The van der Waals surface area contributed by atoms with Crippen LogP contribution < -0.4 is 0 Å². The molecule has 2 nitrogen and oxygen atoms in total. The van der Waals surface area contributed by atoms with Crippen molar-refractivity contribution in [2.24, 2.45) is 0 Å². The van der Waals surface area contributed by atoms with Crippen molar-refractivity contribution in [3.05, 3.63) is 29.3 Å². The van der Waals surface area contributed by atoms with Crippen LogP contribution in [0.5, 0.6) is 0 Å². The molecule has 1 rings (SSSR count). The smallest absolute Gasteiger partial charge is 0.134 e. The van der Waals surface area contributed by atoms with Gasteiger partial charge < -0.3 is 5.11 Å². The molecule has 0 saturated heterocycles. The van der Waals surface area contributed by atoms with E-state index in [4.69, 9.17) is 5.11 Å². The Morgan fingerprint density at radius 3 is 2.62 bits per heavy atom. The minimum atomic E-state index is -0.0371. The molecule has 0 bridgehead atoms. The molecule has 0 fully saturated rings. The highest BCUT2D eigenvalue weighted by Crippen LogP contribution is 2.19. The quantitative estimate of drug-likeness (QED) is 0.720. The number of rotatable bonds is 3. The molecule has 0 radical (unpaired) electrons. The second-order valence-electron chi connectivity index (χ2n) is 2.96. The van der Waals surface area contributed by atoms with Crippen LogP contribution in [0, 0.1) is 0 Å². The summed E-state index contributed by atoms with van der Waals surface area (Å²) in [6.07, 6.45) is 0.382. The molecule has 1 aromatic carbocycles. The second kappa shape index (κ2) is 4.44. The highest BCUT2D eigenvalue weighted by atomic mass is 32.1. The fraction of sp³-hybridized carbons (Fsp3) is 0.300. The minimum absolute atomic E-state index is 0.0371. The van der Waals surface area contributed by atoms with Crippen molar-refractivity contribution in [1.29, 1.82) is 0 Å². The Kier molecular flexibility index (Phi) is 3.51. The van der Waals surface area contributed by atoms with Crippen LogP contribution >= 0.6 is 12.6 Å². The Balaban J connectivity index is 3.01. The fourth-order valence-electron chi connectivity index (χ4n) is 1.18. The van der Waals surface area contributed by atoms with Gasteiger partial charge in [0.2, 0.25) is 0 Å². The fourth-order valence-corrected chi connectivity index (χ4v) is 1.48. The van der Waals surface area contributed by atoms with E-state index in [1.807, 2.05) is 12.1 Å². The van der Waals surface area contributed by atoms with Gasteiger partial charge >= 0.3 is 0 Å². The van der Waals surface area contributed by atoms with E-state index in [9.17, 15) is 4.79 Å². The van der Waals surface area contributed by atoms with Crippen LogP contribution in [-0.4, -0.2) is 10.9 Å². The van der Waals surface area contributed by atoms with Crippen LogP contribution in [0.4, 0.5) is 0 Å². The lowest BCUT2D eigenvalue weighted by molar-refractivity contribution is -0.116. The van der Waals surface area contributed by atoms with Crippen molar-refractivity contribution in [2.45, 2.75) is 24.8 Å². The van der Waals surface area contributed by atoms with Crippen molar-refractivity contribution in [3.63, 3.8) is 0 Å². The van der Waals surface area contributed by atoms with Gasteiger partial charge in [-0.25, -0.2) is 0 Å². The Hall–Kier alpha value is -0.800. The summed E-state index contributed by atoms with van der Waals surface area (Å²) in [5.74, 6) is 0.102. The van der Waals surface area contributed by atoms with Crippen LogP contribution in [-0.2, 0) is 17.8 Å². The first-order valence-corrected chi connectivity index (χ1v) is 4.50. The lowest BCUT2D eigenvalue weighted by Crippen LogP contribution is -1.99. The van der Waals surface area contributed by atoms with Gasteiger partial charge in [0.1, 0.15) is 5.78 Å². The topological polar surface area (TPSA) is 37.3 Å². The standard InChI is InChI=1S/C10H12O2S/c1-7(12)5-8-3-2-4-9(6-11)10(8)13/h2-4,11,13H,5-6H2,1H3. The van der Waals surface area contributed by atoms with E-state index >= 15 is 0 Å². The molecule has 0 aliphatic rings. The molecule has 0 heterocycles. The van der Waals surface area contributed by atoms with Crippen molar-refractivity contribution >= 4 is 18.4 Å². The molecule has 0 amide bonds. The predicted octanol–water partition coefficient (Wildman–Crippen LogP) is 1.60. The molecule has 0 aromatic heterocycles. The monoisotopic (exact) mass is 196 g/mol. The Morgan fingerprint density at radius 2 is 2.08 bits per heavy atom. The summed E-state index contributed by atoms with van der Waals surface area (Å²) in [4.78, 5) is 11.6. The number of carbonyl (C=O) groups is 1. The van der Waals surface area contributed by atoms with Gasteiger partial charge in [0.25, 0.3) is 0 Å². The van der Waals surface area contributed by atoms with Gasteiger partial charge in [0, 0.05) is 11.3 Å². The zero-order valence-electron chi connectivity index (χ0n) is 7.45. The summed E-state index contributed by atoms with van der Waals surface area (Å²) < 4.78 is 0. The Bertz CT molecular complexity index is 321. The minimum Gasteiger partial charge on any atom is -0.392 e. The maximum atomic E-state index is 10.9. The number of aliphatic hydroxyl groups excluding tert-OH is 1. The maximum Gasteiger partial charge on any atom is 0.134 e. The maximum absolute atomic E-state index is 10.9. The molecule has 0 unspecified atom stereocenters. The molecule has 13 heavy (non-hydrogen) atoms. The second-order valence-corrected chi connectivity index (χ2v) is 3.41. The van der Waals surface area contributed by atoms with Crippen LogP contribution in [0.2, 0.25) is 0 Å². The number of hydrogen-bond donors (Lipinski definition) is 2. The van der Waals surface area contributed by atoms with E-state index < -0.39 is 0 Å². The van der Waals surface area contributed by atoms with E-state index in [-0.39, 0.29) is 12.4 Å². The molecule has 1 aromatic rings. The number of ketones is 1. The van der Waals surface area contributed by atoms with Crippen LogP contribution in [0.3, 0.4) is 0 Å². The molecule has 70 valence electrons. The Labute approximate surface area is 83.0 Å². The lowest BCUT2D eigenvalue weighted by Gasteiger charge is -2.06. The first-order valence-electron chi connectivity index (χ1n) is 4.05. The van der Waals surface area contributed by atoms with E-state index in [1.54, 1.807) is 13.0 Å². The molecule has 0 aliphatic heterocycles. The third-order valence-electron chi connectivity index (χ3n) is 1.81. The van der Waals surface area contributed by atoms with Gasteiger partial charge in [-0.15, -0.1) is 12.6 Å². The number of thiol groups is 1. The van der Waals surface area contributed by atoms with Gasteiger partial charge in [-0.05, 0) is 18.1 Å². The Morgan fingerprint density at radius 1 is 1.46 bits per heavy atom. The number of hydrogen-bond acceptors (Lipinski definition) is 3. The number of aliphatic hydroxyl groups is 1. The van der Waals surface area contributed by atoms with Crippen molar-refractivity contribution in [2.75, 3.05) is 0 Å². The van der Waals surface area contributed by atoms with Crippen LogP contribution in [0.1, 0.15) is 18.1 Å². The average Bonchev–Trinajstić information content (AvgIpc) is 2.08. The molecular weight excluding hydrogens is 184 g/mol. The first-order chi connectivity index (χ1) is 6.15. The van der Waals surface area contributed by atoms with Crippen LogP contribution in [0.15, 0.2) is 23.1 Å². The molecule has 0 aliphatic carbocycles. The number of Topliss-reactive ketones (excluding diaryl/α,β-unsaturated/α-hetero) is 1. The molecule has 1 N–H and O–H groups in total. The highest BCUT2D eigenvalue weighted by Gasteiger charge is 2.05. The van der Waals surface area contributed by atoms with E-state index in [0.29, 0.717) is 6.42 Å². The molecule has 0 spiro atoms. The summed E-state index contributed by atoms with van der Waals surface area (Å²) in [6.45, 7) is 1.50. The highest BCUT2D eigenvalue weighted by molar-refractivity contribution is 7.80. The van der Waals surface area contributed by atoms with Gasteiger partial charge in [-0.1, -0.05) is 18.2 Å². The van der Waals surface area contributed by atoms with Gasteiger partial charge in [-0.3, -0.25) is 4.79 Å². The van der Waals surface area contributed by atoms with Crippen molar-refractivity contribution in [1.82, 2.24) is 0 Å². The SMILES string of the molecule is CC(=O)Cc1cccc(CO)c1S. The summed E-state index contributed by atoms with van der Waals surface area (Å²) in [5, 5.41) is 8.94. The van der Waals surface area contributed by atoms with E-state index in [2.05, 4.69) is 12.6 Å². The first kappa shape index (κ1) is 10.3. The van der Waals surface area contributed by atoms with Crippen LogP contribution in [0.25, 0.3) is 0 Å². The largest absolute Gasteiger partial charge is 0.392 e. The summed E-state index contributed by atoms with van der Waals surface area (Å²) in [7, 11) is 0. The van der Waals surface area contributed by atoms with Gasteiger partial charge in [0.05, 0.1) is 6.61 Å². The van der Waals surface area contributed by atoms with Crippen molar-refractivity contribution < 1.29 is 9.90 Å². The predicted molar refractivity (Wildman–Crippen MR) is 54.0 cm³/mol. The normalized spacial score (nSPS) is 10.1. The molecule has 3 heteroatoms. The summed E-state index contributed by atoms with van der Waals surface area (Å²) >= 11 is 4.25. The molecular formula is C10H12O2S. The zero-order valence-corrected chi connectivity index (χ0v) is 8.34. The van der Waals surface area contributed by atoms with Gasteiger partial charge in [-0.2, -0.15) is 0 Å². The van der Waals surface area contributed by atoms with E-state index in [1.165, 1.54) is 0 Å². The third-order valence-corrected chi connectivity index (χ3v) is 2.39. The van der Waals surface area contributed by atoms with Gasteiger partial charge in [0.15, 0.2) is 0 Å². The van der Waals surface area contributed by atoms with Crippen molar-refractivity contribution in [3.8, 4) is 0 Å². The lowest BCUT2D eigenvalue weighted by atomic mass is 10.1. The zero-order chi connectivity index (χ0) is 9.84. The number of carbonyl (C=O) groups excluding carboxylic acids is 1. The van der Waals surface area contributed by atoms with E-state index in [0.717, 1.165) is 16.0 Å². The summed E-state index contributed by atoms with van der Waals surface area (Å²) in [6, 6.07) is 5.47. The summed E-state index contributed by atoms with van der Waals surface area (Å²) in [5.41, 5.74) is 1.64. The molecule has 0 atom stereocenters. The average molecular weight is 196 g/mol. The number of benzene rings is 1. The third kappa shape index (κ3) is 2.57.